The number of benzene rings is 2. The van der Waals surface area contributed by atoms with Gasteiger partial charge in [-0.05, 0) is 28.8 Å². The lowest BCUT2D eigenvalue weighted by Crippen LogP contribution is -2.12. The fourth-order valence-corrected chi connectivity index (χ4v) is 2.77. The lowest BCUT2D eigenvalue weighted by atomic mass is 9.89. The average molecular weight is 368 g/mol. The Hall–Kier alpha value is -3.41. The van der Waals surface area contributed by atoms with E-state index < -0.39 is 17.9 Å². The van der Waals surface area contributed by atoms with Gasteiger partial charge in [-0.3, -0.25) is 0 Å². The molecule has 0 saturated carbocycles. The highest BCUT2D eigenvalue weighted by Crippen LogP contribution is 2.31. The number of ether oxygens (including phenoxy) is 3. The molecule has 0 fully saturated rings. The van der Waals surface area contributed by atoms with Crippen molar-refractivity contribution >= 4 is 17.9 Å². The SMILES string of the molecule is C=C(Cc1c(C(=O)OC)cccc1-c1ccccc1C(=O)OC)C(=O)OC. The van der Waals surface area contributed by atoms with Gasteiger partial charge in [0, 0.05) is 12.0 Å². The van der Waals surface area contributed by atoms with Crippen LogP contribution in [0.15, 0.2) is 54.6 Å². The number of esters is 3. The Bertz CT molecular complexity index is 897. The molecule has 0 saturated heterocycles. The van der Waals surface area contributed by atoms with E-state index in [0.29, 0.717) is 22.3 Å². The molecule has 0 aliphatic heterocycles. The van der Waals surface area contributed by atoms with Crippen molar-refractivity contribution in [3.8, 4) is 11.1 Å². The third-order valence-electron chi connectivity index (χ3n) is 4.07. The minimum Gasteiger partial charge on any atom is -0.466 e. The van der Waals surface area contributed by atoms with Crippen LogP contribution in [0.25, 0.3) is 11.1 Å². The van der Waals surface area contributed by atoms with Gasteiger partial charge in [-0.1, -0.05) is 36.9 Å². The van der Waals surface area contributed by atoms with Crippen molar-refractivity contribution in [2.75, 3.05) is 21.3 Å². The van der Waals surface area contributed by atoms with Gasteiger partial charge in [0.15, 0.2) is 0 Å². The maximum absolute atomic E-state index is 12.3. The molecule has 0 heterocycles. The summed E-state index contributed by atoms with van der Waals surface area (Å²) in [7, 11) is 3.83. The Kier molecular flexibility index (Phi) is 6.49. The normalized spacial score (nSPS) is 10.0. The molecule has 6 nitrogen and oxygen atoms in total. The van der Waals surface area contributed by atoms with Gasteiger partial charge in [0.25, 0.3) is 0 Å². The number of hydrogen-bond acceptors (Lipinski definition) is 6. The third-order valence-corrected chi connectivity index (χ3v) is 4.07. The largest absolute Gasteiger partial charge is 0.466 e. The number of carbonyl (C=O) groups is 3. The summed E-state index contributed by atoms with van der Waals surface area (Å²) in [6.45, 7) is 3.74. The third kappa shape index (κ3) is 4.23. The fraction of sp³-hybridized carbons (Fsp3) is 0.190. The summed E-state index contributed by atoms with van der Waals surface area (Å²) in [6.07, 6.45) is 0.0583. The summed E-state index contributed by atoms with van der Waals surface area (Å²) in [5.41, 5.74) is 2.47. The van der Waals surface area contributed by atoms with Gasteiger partial charge in [-0.25, -0.2) is 14.4 Å². The predicted octanol–water partition coefficient (Wildman–Crippen LogP) is 3.20. The van der Waals surface area contributed by atoms with Crippen molar-refractivity contribution in [3.63, 3.8) is 0 Å². The molecule has 0 unspecified atom stereocenters. The molecule has 0 radical (unpaired) electrons. The van der Waals surface area contributed by atoms with E-state index in [2.05, 4.69) is 6.58 Å². The second kappa shape index (κ2) is 8.80. The van der Waals surface area contributed by atoms with E-state index in [1.807, 2.05) is 0 Å². The molecule has 27 heavy (non-hydrogen) atoms. The molecule has 2 aromatic carbocycles. The summed E-state index contributed by atoms with van der Waals surface area (Å²) in [5, 5.41) is 0. The Morgan fingerprint density at radius 2 is 1.33 bits per heavy atom. The van der Waals surface area contributed by atoms with Crippen LogP contribution < -0.4 is 0 Å². The zero-order valence-corrected chi connectivity index (χ0v) is 15.4. The molecule has 0 aliphatic carbocycles. The van der Waals surface area contributed by atoms with Crippen LogP contribution in [0, 0.1) is 0 Å². The summed E-state index contributed by atoms with van der Waals surface area (Å²) >= 11 is 0. The number of methoxy groups -OCH3 is 3. The second-order valence-corrected chi connectivity index (χ2v) is 5.63. The molecule has 0 amide bonds. The summed E-state index contributed by atoms with van der Waals surface area (Å²) in [6, 6.07) is 11.9. The highest BCUT2D eigenvalue weighted by molar-refractivity contribution is 6.00. The van der Waals surface area contributed by atoms with Crippen molar-refractivity contribution in [1.82, 2.24) is 0 Å². The zero-order chi connectivity index (χ0) is 20.0. The van der Waals surface area contributed by atoms with Crippen LogP contribution in [0.3, 0.4) is 0 Å². The lowest BCUT2D eigenvalue weighted by molar-refractivity contribution is -0.136. The first-order chi connectivity index (χ1) is 12.9. The predicted molar refractivity (Wildman–Crippen MR) is 99.4 cm³/mol. The molecular weight excluding hydrogens is 348 g/mol. The summed E-state index contributed by atoms with van der Waals surface area (Å²) < 4.78 is 14.4. The maximum Gasteiger partial charge on any atom is 0.338 e. The monoisotopic (exact) mass is 368 g/mol. The van der Waals surface area contributed by atoms with Crippen molar-refractivity contribution in [2.45, 2.75) is 6.42 Å². The van der Waals surface area contributed by atoms with E-state index in [1.165, 1.54) is 21.3 Å². The Labute approximate surface area is 157 Å². The smallest absolute Gasteiger partial charge is 0.338 e. The van der Waals surface area contributed by atoms with Crippen LogP contribution in [0.2, 0.25) is 0 Å². The van der Waals surface area contributed by atoms with E-state index in [9.17, 15) is 14.4 Å². The van der Waals surface area contributed by atoms with Gasteiger partial charge < -0.3 is 14.2 Å². The van der Waals surface area contributed by atoms with E-state index >= 15 is 0 Å². The molecule has 0 bridgehead atoms. The van der Waals surface area contributed by atoms with E-state index in [0.717, 1.165) is 0 Å². The molecule has 0 spiro atoms. The molecule has 0 aliphatic rings. The number of rotatable bonds is 6. The first-order valence-electron chi connectivity index (χ1n) is 8.08. The van der Waals surface area contributed by atoms with Crippen molar-refractivity contribution < 1.29 is 28.6 Å². The van der Waals surface area contributed by atoms with Crippen molar-refractivity contribution in [1.29, 1.82) is 0 Å². The van der Waals surface area contributed by atoms with Gasteiger partial charge >= 0.3 is 17.9 Å². The lowest BCUT2D eigenvalue weighted by Gasteiger charge is -2.16. The molecule has 0 N–H and O–H groups in total. The van der Waals surface area contributed by atoms with Gasteiger partial charge in [-0.2, -0.15) is 0 Å². The molecule has 2 rings (SSSR count). The van der Waals surface area contributed by atoms with Crippen LogP contribution in [-0.4, -0.2) is 39.2 Å². The van der Waals surface area contributed by atoms with Crippen LogP contribution >= 0.6 is 0 Å². The fourth-order valence-electron chi connectivity index (χ4n) is 2.77. The van der Waals surface area contributed by atoms with E-state index in [4.69, 9.17) is 14.2 Å². The van der Waals surface area contributed by atoms with Crippen molar-refractivity contribution in [2.24, 2.45) is 0 Å². The van der Waals surface area contributed by atoms with Crippen LogP contribution in [-0.2, 0) is 25.4 Å². The molecule has 0 atom stereocenters. The number of hydrogen-bond donors (Lipinski definition) is 0. The van der Waals surface area contributed by atoms with E-state index in [1.54, 1.807) is 42.5 Å². The van der Waals surface area contributed by atoms with Crippen LogP contribution in [0.1, 0.15) is 26.3 Å². The Morgan fingerprint density at radius 3 is 1.96 bits per heavy atom. The Balaban J connectivity index is 2.71. The minimum absolute atomic E-state index is 0.0583. The summed E-state index contributed by atoms with van der Waals surface area (Å²) in [4.78, 5) is 36.2. The summed E-state index contributed by atoms with van der Waals surface area (Å²) in [5.74, 6) is -1.64. The van der Waals surface area contributed by atoms with Gasteiger partial charge in [-0.15, -0.1) is 0 Å². The van der Waals surface area contributed by atoms with Crippen molar-refractivity contribution in [3.05, 3.63) is 71.3 Å². The topological polar surface area (TPSA) is 78.9 Å². The standard InChI is InChI=1S/C21H20O6/c1-13(19(22)25-2)12-18-15(10-7-11-17(18)21(24)27-4)14-8-5-6-9-16(14)20(23)26-3/h5-11H,1,12H2,2-4H3. The molecule has 0 aromatic heterocycles. The van der Waals surface area contributed by atoms with Crippen LogP contribution in [0.5, 0.6) is 0 Å². The van der Waals surface area contributed by atoms with E-state index in [-0.39, 0.29) is 17.6 Å². The minimum atomic E-state index is -0.582. The highest BCUT2D eigenvalue weighted by atomic mass is 16.5. The quantitative estimate of drug-likeness (QED) is 0.443. The molecule has 2 aromatic rings. The first-order valence-corrected chi connectivity index (χ1v) is 8.08. The van der Waals surface area contributed by atoms with Gasteiger partial charge in [0.05, 0.1) is 32.5 Å². The first kappa shape index (κ1) is 19.9. The van der Waals surface area contributed by atoms with Gasteiger partial charge in [0.2, 0.25) is 0 Å². The van der Waals surface area contributed by atoms with Gasteiger partial charge in [0.1, 0.15) is 0 Å². The van der Waals surface area contributed by atoms with Crippen LogP contribution in [0.4, 0.5) is 0 Å². The number of carbonyl (C=O) groups excluding carboxylic acids is 3. The molecular formula is C21H20O6. The molecule has 6 heteroatoms. The highest BCUT2D eigenvalue weighted by Gasteiger charge is 2.22. The second-order valence-electron chi connectivity index (χ2n) is 5.63. The average Bonchev–Trinajstić information content (AvgIpc) is 2.71. The maximum atomic E-state index is 12.3. The molecule has 140 valence electrons. The Morgan fingerprint density at radius 1 is 0.778 bits per heavy atom. The zero-order valence-electron chi connectivity index (χ0n) is 15.4.